The highest BCUT2D eigenvalue weighted by Crippen LogP contribution is 2.39. The van der Waals surface area contributed by atoms with Gasteiger partial charge in [0, 0.05) is 45.2 Å². The molecule has 4 aromatic carbocycles. The smallest absolute Gasteiger partial charge is 0.0885 e. The zero-order chi connectivity index (χ0) is 27.3. The van der Waals surface area contributed by atoms with Gasteiger partial charge < -0.3 is 8.97 Å². The standard InChI is InChI=1S/C37H26N4/c1-38-31(32-16-8-10-20-39-32)15-9-11-21-40-34-18-6-3-14-27(34)29-23-30-28(24-36(29)40)26-13-4-7-19-35(26)41-33-17-5-2-12-25(33)22-37(30)41/h2-20,22-24H,1,21H2/b11-9-,31-15-. The van der Waals surface area contributed by atoms with E-state index in [4.69, 9.17) is 0 Å². The Morgan fingerprint density at radius 3 is 2.17 bits per heavy atom. The van der Waals surface area contributed by atoms with Gasteiger partial charge in [-0.3, -0.25) is 9.98 Å². The van der Waals surface area contributed by atoms with Crippen LogP contribution in [0.15, 0.2) is 139 Å². The van der Waals surface area contributed by atoms with Gasteiger partial charge in [-0.05, 0) is 66.7 Å². The lowest BCUT2D eigenvalue weighted by Crippen LogP contribution is -1.95. The number of allylic oxidation sites excluding steroid dienone is 3. The largest absolute Gasteiger partial charge is 0.337 e. The first kappa shape index (κ1) is 23.4. The second-order valence-corrected chi connectivity index (χ2v) is 10.3. The van der Waals surface area contributed by atoms with Crippen molar-refractivity contribution in [2.75, 3.05) is 0 Å². The fourth-order valence-electron chi connectivity index (χ4n) is 6.29. The van der Waals surface area contributed by atoms with E-state index in [1.807, 2.05) is 30.4 Å². The molecule has 0 spiro atoms. The summed E-state index contributed by atoms with van der Waals surface area (Å²) < 4.78 is 4.82. The number of rotatable bonds is 5. The lowest BCUT2D eigenvalue weighted by molar-refractivity contribution is 0.899. The molecule has 4 aromatic heterocycles. The summed E-state index contributed by atoms with van der Waals surface area (Å²) in [6.07, 6.45) is 7.96. The Bertz CT molecular complexity index is 2350. The molecule has 8 rings (SSSR count). The number of fused-ring (bicyclic) bond motifs is 11. The minimum atomic E-state index is 0.730. The summed E-state index contributed by atoms with van der Waals surface area (Å²) in [5.74, 6) is 0. The zero-order valence-corrected chi connectivity index (χ0v) is 22.4. The average molecular weight is 527 g/mol. The maximum absolute atomic E-state index is 4.41. The summed E-state index contributed by atoms with van der Waals surface area (Å²) in [6.45, 7) is 4.47. The topological polar surface area (TPSA) is 34.6 Å². The number of benzene rings is 4. The van der Waals surface area contributed by atoms with Gasteiger partial charge in [0.1, 0.15) is 0 Å². The van der Waals surface area contributed by atoms with E-state index in [1.54, 1.807) is 6.20 Å². The van der Waals surface area contributed by atoms with Crippen LogP contribution < -0.4 is 0 Å². The van der Waals surface area contributed by atoms with Crippen LogP contribution in [-0.4, -0.2) is 20.7 Å². The van der Waals surface area contributed by atoms with Gasteiger partial charge in [-0.15, -0.1) is 0 Å². The molecule has 0 bridgehead atoms. The molecule has 0 amide bonds. The van der Waals surface area contributed by atoms with E-state index in [1.165, 1.54) is 59.9 Å². The highest BCUT2D eigenvalue weighted by molar-refractivity contribution is 6.22. The van der Waals surface area contributed by atoms with Crippen LogP contribution >= 0.6 is 0 Å². The van der Waals surface area contributed by atoms with Crippen molar-refractivity contribution < 1.29 is 0 Å². The number of para-hydroxylation sites is 3. The third kappa shape index (κ3) is 3.61. The van der Waals surface area contributed by atoms with Crippen molar-refractivity contribution in [1.29, 1.82) is 0 Å². The van der Waals surface area contributed by atoms with Gasteiger partial charge in [0.2, 0.25) is 0 Å². The highest BCUT2D eigenvalue weighted by atomic mass is 15.0. The Hall–Kier alpha value is -5.48. The molecule has 8 aromatic rings. The molecule has 0 aliphatic heterocycles. The van der Waals surface area contributed by atoms with Crippen molar-refractivity contribution >= 4 is 72.3 Å². The van der Waals surface area contributed by atoms with E-state index in [0.29, 0.717) is 0 Å². The van der Waals surface area contributed by atoms with Gasteiger partial charge >= 0.3 is 0 Å². The molecule has 0 saturated heterocycles. The Morgan fingerprint density at radius 1 is 0.659 bits per heavy atom. The molecule has 0 unspecified atom stereocenters. The van der Waals surface area contributed by atoms with E-state index in [9.17, 15) is 0 Å². The van der Waals surface area contributed by atoms with E-state index in [2.05, 4.69) is 123 Å². The highest BCUT2D eigenvalue weighted by Gasteiger charge is 2.16. The molecule has 194 valence electrons. The molecule has 0 aliphatic rings. The van der Waals surface area contributed by atoms with Gasteiger partial charge in [-0.25, -0.2) is 0 Å². The number of hydrogen-bond donors (Lipinski definition) is 0. The predicted octanol–water partition coefficient (Wildman–Crippen LogP) is 9.20. The Labute approximate surface area is 236 Å². The molecule has 0 radical (unpaired) electrons. The molecule has 4 heterocycles. The van der Waals surface area contributed by atoms with Crippen LogP contribution in [0.2, 0.25) is 0 Å². The van der Waals surface area contributed by atoms with Gasteiger partial charge in [0.25, 0.3) is 0 Å². The summed E-state index contributed by atoms with van der Waals surface area (Å²) in [7, 11) is 0. The number of hydrogen-bond acceptors (Lipinski definition) is 2. The quantitative estimate of drug-likeness (QED) is 0.125. The second-order valence-electron chi connectivity index (χ2n) is 10.3. The summed E-state index contributed by atoms with van der Waals surface area (Å²) in [5.41, 5.74) is 7.71. The molecule has 4 nitrogen and oxygen atoms in total. The maximum atomic E-state index is 4.41. The van der Waals surface area contributed by atoms with Crippen LogP contribution in [0.4, 0.5) is 0 Å². The van der Waals surface area contributed by atoms with Crippen molar-refractivity contribution in [2.45, 2.75) is 6.54 Å². The van der Waals surface area contributed by atoms with Crippen molar-refractivity contribution in [1.82, 2.24) is 14.0 Å². The van der Waals surface area contributed by atoms with E-state index < -0.39 is 0 Å². The van der Waals surface area contributed by atoms with Gasteiger partial charge in [-0.2, -0.15) is 0 Å². The first-order chi connectivity index (χ1) is 20.3. The molecule has 0 fully saturated rings. The number of aromatic nitrogens is 3. The van der Waals surface area contributed by atoms with Crippen LogP contribution in [0.5, 0.6) is 0 Å². The minimum absolute atomic E-state index is 0.730. The Morgan fingerprint density at radius 2 is 1.37 bits per heavy atom. The summed E-state index contributed by atoms with van der Waals surface area (Å²) >= 11 is 0. The average Bonchev–Trinajstić information content (AvgIpc) is 3.57. The molecule has 41 heavy (non-hydrogen) atoms. The van der Waals surface area contributed by atoms with Crippen LogP contribution in [0.3, 0.4) is 0 Å². The van der Waals surface area contributed by atoms with Crippen LogP contribution in [-0.2, 0) is 6.54 Å². The first-order valence-electron chi connectivity index (χ1n) is 13.8. The molecule has 0 aliphatic carbocycles. The summed E-state index contributed by atoms with van der Waals surface area (Å²) in [5, 5.41) is 7.57. The van der Waals surface area contributed by atoms with E-state index in [-0.39, 0.29) is 0 Å². The third-order valence-electron chi connectivity index (χ3n) is 8.11. The van der Waals surface area contributed by atoms with E-state index >= 15 is 0 Å². The SMILES string of the molecule is C=N/C(=C\C=C/Cn1c2ccccc2c2cc3c(cc21)c1ccccc1n1c2ccccc2cc31)c1ccccn1. The predicted molar refractivity (Wildman–Crippen MR) is 174 cm³/mol. The molecule has 4 heteroatoms. The molecule has 0 N–H and O–H groups in total. The fraction of sp³-hybridized carbons (Fsp3) is 0.0270. The van der Waals surface area contributed by atoms with Crippen molar-refractivity contribution in [3.8, 4) is 0 Å². The van der Waals surface area contributed by atoms with Crippen molar-refractivity contribution in [3.05, 3.63) is 139 Å². The van der Waals surface area contributed by atoms with E-state index in [0.717, 1.165) is 17.9 Å². The van der Waals surface area contributed by atoms with Crippen LogP contribution in [0.25, 0.3) is 65.6 Å². The first-order valence-corrected chi connectivity index (χ1v) is 13.8. The summed E-state index contributed by atoms with van der Waals surface area (Å²) in [6, 6.07) is 39.0. The van der Waals surface area contributed by atoms with Crippen LogP contribution in [0, 0.1) is 0 Å². The van der Waals surface area contributed by atoms with Crippen molar-refractivity contribution in [3.63, 3.8) is 0 Å². The zero-order valence-electron chi connectivity index (χ0n) is 22.4. The molecular formula is C37H26N4. The number of nitrogens with zero attached hydrogens (tertiary/aromatic N) is 4. The van der Waals surface area contributed by atoms with Crippen LogP contribution in [0.1, 0.15) is 5.69 Å². The second kappa shape index (κ2) is 9.32. The lowest BCUT2D eigenvalue weighted by Gasteiger charge is -2.11. The molecule has 0 atom stereocenters. The van der Waals surface area contributed by atoms with Gasteiger partial charge in [-0.1, -0.05) is 72.8 Å². The number of pyridine rings is 2. The van der Waals surface area contributed by atoms with Gasteiger partial charge in [0.15, 0.2) is 0 Å². The third-order valence-corrected chi connectivity index (χ3v) is 8.11. The molecular weight excluding hydrogens is 500 g/mol. The fourth-order valence-corrected chi connectivity index (χ4v) is 6.29. The normalized spacial score (nSPS) is 12.6. The Kier molecular flexibility index (Phi) is 5.32. The Balaban J connectivity index is 1.36. The van der Waals surface area contributed by atoms with Crippen molar-refractivity contribution in [2.24, 2.45) is 4.99 Å². The minimum Gasteiger partial charge on any atom is -0.337 e. The molecule has 0 saturated carbocycles. The van der Waals surface area contributed by atoms with Gasteiger partial charge in [0.05, 0.1) is 33.5 Å². The monoisotopic (exact) mass is 526 g/mol. The maximum Gasteiger partial charge on any atom is 0.0885 e. The lowest BCUT2D eigenvalue weighted by atomic mass is 10.0. The summed E-state index contributed by atoms with van der Waals surface area (Å²) in [4.78, 5) is 8.59. The number of aliphatic imine (C=N–C) groups is 1.